The van der Waals surface area contributed by atoms with Crippen LogP contribution < -0.4 is 10.1 Å². The van der Waals surface area contributed by atoms with E-state index in [0.29, 0.717) is 32.8 Å². The van der Waals surface area contributed by atoms with Crippen LogP contribution in [-0.4, -0.2) is 56.7 Å². The van der Waals surface area contributed by atoms with Crippen LogP contribution in [0.2, 0.25) is 0 Å². The highest BCUT2D eigenvalue weighted by molar-refractivity contribution is 5.96. The van der Waals surface area contributed by atoms with Crippen molar-refractivity contribution >= 4 is 11.8 Å². The van der Waals surface area contributed by atoms with Crippen molar-refractivity contribution in [2.45, 2.75) is 12.8 Å². The van der Waals surface area contributed by atoms with Crippen molar-refractivity contribution < 1.29 is 19.1 Å². The molecule has 1 N–H and O–H groups in total. The molecule has 120 valence electrons. The van der Waals surface area contributed by atoms with Gasteiger partial charge in [0.05, 0.1) is 20.3 Å². The minimum Gasteiger partial charge on any atom is -0.497 e. The molecule has 1 aromatic carbocycles. The zero-order chi connectivity index (χ0) is 15.8. The van der Waals surface area contributed by atoms with Crippen LogP contribution in [0.25, 0.3) is 0 Å². The van der Waals surface area contributed by atoms with Gasteiger partial charge in [-0.2, -0.15) is 0 Å². The van der Waals surface area contributed by atoms with Gasteiger partial charge in [0, 0.05) is 19.6 Å². The standard InChI is InChI=1S/C16H22N2O4/c1-21-14-4-2-13(3-5-14)6-7-17-15(19)12-16(20)18-8-10-22-11-9-18/h2-5H,6-12H2,1H3,(H,17,19). The number of hydrogen-bond acceptors (Lipinski definition) is 4. The van der Waals surface area contributed by atoms with Gasteiger partial charge in [-0.05, 0) is 24.1 Å². The summed E-state index contributed by atoms with van der Waals surface area (Å²) in [5.74, 6) is 0.444. The first-order valence-electron chi connectivity index (χ1n) is 7.44. The van der Waals surface area contributed by atoms with Crippen molar-refractivity contribution in [3.63, 3.8) is 0 Å². The van der Waals surface area contributed by atoms with E-state index in [1.54, 1.807) is 12.0 Å². The Kier molecular flexibility index (Phi) is 6.21. The third-order valence-electron chi connectivity index (χ3n) is 3.57. The van der Waals surface area contributed by atoms with E-state index in [0.717, 1.165) is 17.7 Å². The van der Waals surface area contributed by atoms with Gasteiger partial charge in [0.2, 0.25) is 11.8 Å². The third kappa shape index (κ3) is 5.04. The number of nitrogens with zero attached hydrogens (tertiary/aromatic N) is 1. The minimum absolute atomic E-state index is 0.0946. The Bertz CT molecular complexity index is 495. The van der Waals surface area contributed by atoms with E-state index < -0.39 is 0 Å². The van der Waals surface area contributed by atoms with E-state index in [2.05, 4.69) is 5.32 Å². The normalized spacial score (nSPS) is 14.5. The van der Waals surface area contributed by atoms with Crippen LogP contribution in [0, 0.1) is 0 Å². The monoisotopic (exact) mass is 306 g/mol. The van der Waals surface area contributed by atoms with Crippen molar-refractivity contribution in [3.8, 4) is 5.75 Å². The molecule has 0 saturated carbocycles. The lowest BCUT2D eigenvalue weighted by molar-refractivity contribution is -0.139. The Labute approximate surface area is 130 Å². The molecule has 1 saturated heterocycles. The predicted molar refractivity (Wildman–Crippen MR) is 81.7 cm³/mol. The minimum atomic E-state index is -0.231. The number of ether oxygens (including phenoxy) is 2. The maximum absolute atomic E-state index is 11.9. The molecule has 6 nitrogen and oxygen atoms in total. The first-order chi connectivity index (χ1) is 10.7. The van der Waals surface area contributed by atoms with E-state index in [1.165, 1.54) is 0 Å². The highest BCUT2D eigenvalue weighted by Gasteiger charge is 2.19. The molecule has 2 amide bonds. The quantitative estimate of drug-likeness (QED) is 0.782. The van der Waals surface area contributed by atoms with Gasteiger partial charge in [-0.3, -0.25) is 9.59 Å². The van der Waals surface area contributed by atoms with Crippen LogP contribution in [-0.2, 0) is 20.7 Å². The summed E-state index contributed by atoms with van der Waals surface area (Å²) >= 11 is 0. The topological polar surface area (TPSA) is 67.9 Å². The molecular formula is C16H22N2O4. The fourth-order valence-electron chi connectivity index (χ4n) is 2.26. The smallest absolute Gasteiger partial charge is 0.232 e. The lowest BCUT2D eigenvalue weighted by Gasteiger charge is -2.26. The Morgan fingerprint density at radius 3 is 2.55 bits per heavy atom. The van der Waals surface area contributed by atoms with Crippen LogP contribution in [0.3, 0.4) is 0 Å². The van der Waals surface area contributed by atoms with Crippen LogP contribution in [0.4, 0.5) is 0 Å². The number of rotatable bonds is 6. The number of nitrogens with one attached hydrogen (secondary N) is 1. The molecule has 0 aromatic heterocycles. The average molecular weight is 306 g/mol. The summed E-state index contributed by atoms with van der Waals surface area (Å²) in [5, 5.41) is 2.78. The van der Waals surface area contributed by atoms with E-state index in [9.17, 15) is 9.59 Å². The molecule has 2 rings (SSSR count). The summed E-state index contributed by atoms with van der Waals surface area (Å²) in [4.78, 5) is 25.4. The van der Waals surface area contributed by atoms with Gasteiger partial charge in [0.15, 0.2) is 0 Å². The molecular weight excluding hydrogens is 284 g/mol. The second kappa shape index (κ2) is 8.38. The van der Waals surface area contributed by atoms with Gasteiger partial charge < -0.3 is 19.7 Å². The predicted octanol–water partition coefficient (Wildman–Crippen LogP) is 0.603. The third-order valence-corrected chi connectivity index (χ3v) is 3.57. The largest absolute Gasteiger partial charge is 0.497 e. The van der Waals surface area contributed by atoms with Crippen LogP contribution >= 0.6 is 0 Å². The van der Waals surface area contributed by atoms with E-state index in [1.807, 2.05) is 24.3 Å². The molecule has 1 aliphatic rings. The zero-order valence-corrected chi connectivity index (χ0v) is 12.8. The van der Waals surface area contributed by atoms with E-state index >= 15 is 0 Å². The number of carbonyl (C=O) groups excluding carboxylic acids is 2. The molecule has 0 aliphatic carbocycles. The van der Waals surface area contributed by atoms with E-state index in [4.69, 9.17) is 9.47 Å². The first kappa shape index (κ1) is 16.3. The number of hydrogen-bond donors (Lipinski definition) is 1. The highest BCUT2D eigenvalue weighted by Crippen LogP contribution is 2.11. The molecule has 22 heavy (non-hydrogen) atoms. The maximum atomic E-state index is 11.9. The first-order valence-corrected chi connectivity index (χ1v) is 7.44. The molecule has 0 spiro atoms. The highest BCUT2D eigenvalue weighted by atomic mass is 16.5. The van der Waals surface area contributed by atoms with Crippen molar-refractivity contribution in [2.75, 3.05) is 40.0 Å². The van der Waals surface area contributed by atoms with Gasteiger partial charge in [0.1, 0.15) is 12.2 Å². The van der Waals surface area contributed by atoms with Crippen LogP contribution in [0.5, 0.6) is 5.75 Å². The summed E-state index contributed by atoms with van der Waals surface area (Å²) < 4.78 is 10.3. The van der Waals surface area contributed by atoms with Gasteiger partial charge in [-0.15, -0.1) is 0 Å². The summed E-state index contributed by atoms with van der Waals surface area (Å²) in [5.41, 5.74) is 1.11. The SMILES string of the molecule is COc1ccc(CCNC(=O)CC(=O)N2CCOCC2)cc1. The molecule has 1 heterocycles. The zero-order valence-electron chi connectivity index (χ0n) is 12.8. The maximum Gasteiger partial charge on any atom is 0.232 e. The van der Waals surface area contributed by atoms with Crippen LogP contribution in [0.1, 0.15) is 12.0 Å². The second-order valence-electron chi connectivity index (χ2n) is 5.12. The fourth-order valence-corrected chi connectivity index (χ4v) is 2.26. The molecule has 0 unspecified atom stereocenters. The number of methoxy groups -OCH3 is 1. The Morgan fingerprint density at radius 1 is 1.23 bits per heavy atom. The second-order valence-corrected chi connectivity index (χ2v) is 5.12. The fraction of sp³-hybridized carbons (Fsp3) is 0.500. The van der Waals surface area contributed by atoms with Crippen molar-refractivity contribution in [1.29, 1.82) is 0 Å². The Hall–Kier alpha value is -2.08. The number of carbonyl (C=O) groups is 2. The summed E-state index contributed by atoms with van der Waals surface area (Å²) in [7, 11) is 1.63. The Morgan fingerprint density at radius 2 is 1.91 bits per heavy atom. The van der Waals surface area contributed by atoms with Crippen molar-refractivity contribution in [2.24, 2.45) is 0 Å². The summed E-state index contributed by atoms with van der Waals surface area (Å²) in [6.45, 7) is 2.74. The molecule has 1 aromatic rings. The number of morpholine rings is 1. The number of amides is 2. The average Bonchev–Trinajstić information content (AvgIpc) is 2.56. The van der Waals surface area contributed by atoms with Gasteiger partial charge in [-0.1, -0.05) is 12.1 Å². The summed E-state index contributed by atoms with van der Waals surface area (Å²) in [6.07, 6.45) is 0.629. The molecule has 1 aliphatic heterocycles. The molecule has 0 radical (unpaired) electrons. The molecule has 6 heteroatoms. The molecule has 1 fully saturated rings. The number of benzene rings is 1. The van der Waals surface area contributed by atoms with Gasteiger partial charge in [-0.25, -0.2) is 0 Å². The van der Waals surface area contributed by atoms with Crippen molar-refractivity contribution in [3.05, 3.63) is 29.8 Å². The lowest BCUT2D eigenvalue weighted by atomic mass is 10.1. The van der Waals surface area contributed by atoms with Gasteiger partial charge >= 0.3 is 0 Å². The molecule has 0 bridgehead atoms. The van der Waals surface area contributed by atoms with Crippen LogP contribution in [0.15, 0.2) is 24.3 Å². The van der Waals surface area contributed by atoms with Crippen molar-refractivity contribution in [1.82, 2.24) is 10.2 Å². The molecule has 0 atom stereocenters. The Balaban J connectivity index is 1.67. The van der Waals surface area contributed by atoms with Gasteiger partial charge in [0.25, 0.3) is 0 Å². The summed E-state index contributed by atoms with van der Waals surface area (Å²) in [6, 6.07) is 7.70. The lowest BCUT2D eigenvalue weighted by Crippen LogP contribution is -2.42. The van der Waals surface area contributed by atoms with E-state index in [-0.39, 0.29) is 18.2 Å².